The molecule has 3 nitrogen and oxygen atoms in total. The quantitative estimate of drug-likeness (QED) is 0.480. The molecule has 2 aromatic carbocycles. The Bertz CT molecular complexity index is 613. The van der Waals surface area contributed by atoms with E-state index in [4.69, 9.17) is 5.73 Å². The monoisotopic (exact) mass is 300 g/mol. The molecule has 21 heavy (non-hydrogen) atoms. The fraction of sp³-hybridized carbons (Fsp3) is 0.235. The maximum Gasteiger partial charge on any atom is 0.224 e. The average molecular weight is 300 g/mol. The lowest BCUT2D eigenvalue weighted by Crippen LogP contribution is -2.11. The zero-order valence-corrected chi connectivity index (χ0v) is 13.0. The van der Waals surface area contributed by atoms with Gasteiger partial charge in [-0.3, -0.25) is 4.79 Å². The summed E-state index contributed by atoms with van der Waals surface area (Å²) in [4.78, 5) is 12.9. The van der Waals surface area contributed by atoms with E-state index < -0.39 is 0 Å². The summed E-state index contributed by atoms with van der Waals surface area (Å²) in [5.41, 5.74) is 8.68. The molecule has 1 amide bonds. The van der Waals surface area contributed by atoms with E-state index in [1.54, 1.807) is 11.8 Å². The van der Waals surface area contributed by atoms with Gasteiger partial charge in [0.25, 0.3) is 0 Å². The van der Waals surface area contributed by atoms with Crippen LogP contribution in [0.3, 0.4) is 0 Å². The molecule has 0 aromatic heterocycles. The number of carbonyl (C=O) groups excluding carboxylic acids is 1. The van der Waals surface area contributed by atoms with Crippen molar-refractivity contribution in [2.45, 2.75) is 24.7 Å². The summed E-state index contributed by atoms with van der Waals surface area (Å²) < 4.78 is 0. The van der Waals surface area contributed by atoms with Gasteiger partial charge in [-0.1, -0.05) is 24.3 Å². The first kappa shape index (κ1) is 15.4. The predicted octanol–water partition coefficient (Wildman–Crippen LogP) is 4.09. The van der Waals surface area contributed by atoms with E-state index in [9.17, 15) is 4.79 Å². The number of anilines is 2. The Morgan fingerprint density at radius 3 is 2.76 bits per heavy atom. The van der Waals surface area contributed by atoms with E-state index in [1.165, 1.54) is 0 Å². The fourth-order valence-electron chi connectivity index (χ4n) is 1.97. The normalized spacial score (nSPS) is 10.3. The second-order valence-corrected chi connectivity index (χ2v) is 6.04. The van der Waals surface area contributed by atoms with Crippen LogP contribution in [-0.4, -0.2) is 11.7 Å². The number of nitrogen functional groups attached to an aromatic ring is 1. The molecule has 0 saturated heterocycles. The smallest absolute Gasteiger partial charge is 0.224 e. The van der Waals surface area contributed by atoms with Crippen LogP contribution < -0.4 is 11.1 Å². The van der Waals surface area contributed by atoms with Crippen molar-refractivity contribution in [3.63, 3.8) is 0 Å². The molecule has 0 aliphatic rings. The Labute approximate surface area is 129 Å². The van der Waals surface area contributed by atoms with Gasteiger partial charge in [-0.15, -0.1) is 11.8 Å². The molecule has 2 rings (SSSR count). The van der Waals surface area contributed by atoms with Gasteiger partial charge >= 0.3 is 0 Å². The first-order valence-corrected chi connectivity index (χ1v) is 7.97. The molecular weight excluding hydrogens is 280 g/mol. The summed E-state index contributed by atoms with van der Waals surface area (Å²) in [7, 11) is 0. The summed E-state index contributed by atoms with van der Waals surface area (Å²) in [6, 6.07) is 15.6. The van der Waals surface area contributed by atoms with Crippen LogP contribution in [0.25, 0.3) is 0 Å². The van der Waals surface area contributed by atoms with E-state index >= 15 is 0 Å². The summed E-state index contributed by atoms with van der Waals surface area (Å²) in [6.45, 7) is 2.01. The van der Waals surface area contributed by atoms with Crippen molar-refractivity contribution in [3.8, 4) is 0 Å². The highest BCUT2D eigenvalue weighted by Crippen LogP contribution is 2.25. The number of amides is 1. The van der Waals surface area contributed by atoms with Crippen molar-refractivity contribution >= 4 is 29.0 Å². The van der Waals surface area contributed by atoms with Crippen molar-refractivity contribution in [2.75, 3.05) is 16.8 Å². The Morgan fingerprint density at radius 1 is 1.19 bits per heavy atom. The number of carbonyl (C=O) groups is 1. The SMILES string of the molecule is Cc1cccc(NC(=O)CCCSc2ccccc2N)c1. The molecule has 2 aromatic rings. The zero-order valence-electron chi connectivity index (χ0n) is 12.1. The molecule has 0 bridgehead atoms. The third kappa shape index (κ3) is 5.16. The van der Waals surface area contributed by atoms with Gasteiger partial charge in [0.15, 0.2) is 0 Å². The molecule has 0 aliphatic heterocycles. The van der Waals surface area contributed by atoms with Crippen LogP contribution in [0.15, 0.2) is 53.4 Å². The van der Waals surface area contributed by atoms with Gasteiger partial charge in [-0.25, -0.2) is 0 Å². The average Bonchev–Trinajstić information content (AvgIpc) is 2.45. The second kappa shape index (κ2) is 7.74. The van der Waals surface area contributed by atoms with Gasteiger partial charge < -0.3 is 11.1 Å². The van der Waals surface area contributed by atoms with Crippen molar-refractivity contribution in [1.29, 1.82) is 0 Å². The van der Waals surface area contributed by atoms with Crippen LogP contribution >= 0.6 is 11.8 Å². The summed E-state index contributed by atoms with van der Waals surface area (Å²) in [5, 5.41) is 2.92. The molecule has 0 radical (unpaired) electrons. The molecule has 0 heterocycles. The Kier molecular flexibility index (Phi) is 5.69. The van der Waals surface area contributed by atoms with Crippen LogP contribution in [0.1, 0.15) is 18.4 Å². The van der Waals surface area contributed by atoms with Crippen molar-refractivity contribution < 1.29 is 4.79 Å². The largest absolute Gasteiger partial charge is 0.398 e. The highest BCUT2D eigenvalue weighted by molar-refractivity contribution is 7.99. The van der Waals surface area contributed by atoms with Gasteiger partial charge in [-0.2, -0.15) is 0 Å². The third-order valence-electron chi connectivity index (χ3n) is 3.03. The first-order valence-electron chi connectivity index (χ1n) is 6.99. The van der Waals surface area contributed by atoms with Gasteiger partial charge in [0.1, 0.15) is 0 Å². The number of nitrogens with two attached hydrogens (primary N) is 1. The molecule has 0 unspecified atom stereocenters. The van der Waals surface area contributed by atoms with Crippen LogP contribution in [-0.2, 0) is 4.79 Å². The number of benzene rings is 2. The highest BCUT2D eigenvalue weighted by atomic mass is 32.2. The van der Waals surface area contributed by atoms with E-state index in [0.717, 1.165) is 34.0 Å². The topological polar surface area (TPSA) is 55.1 Å². The number of hydrogen-bond acceptors (Lipinski definition) is 3. The second-order valence-electron chi connectivity index (χ2n) is 4.91. The number of para-hydroxylation sites is 1. The number of aryl methyl sites for hydroxylation is 1. The number of rotatable bonds is 6. The summed E-state index contributed by atoms with van der Waals surface area (Å²) in [6.07, 6.45) is 1.35. The number of nitrogens with one attached hydrogen (secondary N) is 1. The van der Waals surface area contributed by atoms with Gasteiger partial charge in [0, 0.05) is 22.7 Å². The molecule has 110 valence electrons. The van der Waals surface area contributed by atoms with E-state index in [1.807, 2.05) is 55.5 Å². The Morgan fingerprint density at radius 2 is 2.00 bits per heavy atom. The molecule has 0 saturated carbocycles. The highest BCUT2D eigenvalue weighted by Gasteiger charge is 2.03. The predicted molar refractivity (Wildman–Crippen MR) is 90.6 cm³/mol. The molecule has 4 heteroatoms. The Balaban J connectivity index is 1.71. The lowest BCUT2D eigenvalue weighted by molar-refractivity contribution is -0.116. The van der Waals surface area contributed by atoms with E-state index in [2.05, 4.69) is 5.32 Å². The lowest BCUT2D eigenvalue weighted by Gasteiger charge is -2.07. The van der Waals surface area contributed by atoms with E-state index in [-0.39, 0.29) is 5.91 Å². The molecule has 0 aliphatic carbocycles. The minimum Gasteiger partial charge on any atom is -0.398 e. The number of thioether (sulfide) groups is 1. The van der Waals surface area contributed by atoms with Crippen molar-refractivity contribution in [2.24, 2.45) is 0 Å². The van der Waals surface area contributed by atoms with Crippen molar-refractivity contribution in [1.82, 2.24) is 0 Å². The van der Waals surface area contributed by atoms with E-state index in [0.29, 0.717) is 6.42 Å². The summed E-state index contributed by atoms with van der Waals surface area (Å²) >= 11 is 1.69. The number of hydrogen-bond donors (Lipinski definition) is 2. The van der Waals surface area contributed by atoms with Gasteiger partial charge in [-0.05, 0) is 48.9 Å². The molecule has 0 spiro atoms. The zero-order chi connectivity index (χ0) is 15.1. The first-order chi connectivity index (χ1) is 10.1. The minimum atomic E-state index is 0.0576. The molecular formula is C17H20N2OS. The van der Waals surface area contributed by atoms with Crippen LogP contribution in [0.5, 0.6) is 0 Å². The van der Waals surface area contributed by atoms with Gasteiger partial charge in [0.05, 0.1) is 0 Å². The standard InChI is InChI=1S/C17H20N2OS/c1-13-6-4-7-14(12-13)19-17(20)10-5-11-21-16-9-3-2-8-15(16)18/h2-4,6-9,12H,5,10-11,18H2,1H3,(H,19,20). The maximum atomic E-state index is 11.9. The molecule has 3 N–H and O–H groups in total. The van der Waals surface area contributed by atoms with Gasteiger partial charge in [0.2, 0.25) is 5.91 Å². The summed E-state index contributed by atoms with van der Waals surface area (Å²) in [5.74, 6) is 0.942. The maximum absolute atomic E-state index is 11.9. The minimum absolute atomic E-state index is 0.0576. The molecule has 0 fully saturated rings. The van der Waals surface area contributed by atoms with Crippen LogP contribution in [0.2, 0.25) is 0 Å². The molecule has 0 atom stereocenters. The third-order valence-corrected chi connectivity index (χ3v) is 4.20. The Hall–Kier alpha value is -1.94. The van der Waals surface area contributed by atoms with Crippen LogP contribution in [0, 0.1) is 6.92 Å². The fourth-order valence-corrected chi connectivity index (χ4v) is 2.89. The lowest BCUT2D eigenvalue weighted by atomic mass is 10.2. The van der Waals surface area contributed by atoms with Crippen LogP contribution in [0.4, 0.5) is 11.4 Å². The van der Waals surface area contributed by atoms with Crippen molar-refractivity contribution in [3.05, 3.63) is 54.1 Å².